The van der Waals surface area contributed by atoms with Gasteiger partial charge in [-0.2, -0.15) is 10.1 Å². The van der Waals surface area contributed by atoms with Crippen LogP contribution in [0.1, 0.15) is 60.0 Å². The molecule has 2 aliphatic heterocycles. The molecule has 2 fully saturated rings. The minimum absolute atomic E-state index is 0.110. The Labute approximate surface area is 159 Å². The summed E-state index contributed by atoms with van der Waals surface area (Å²) in [4.78, 5) is 21.7. The van der Waals surface area contributed by atoms with Crippen molar-refractivity contribution in [1.82, 2.24) is 29.7 Å². The first-order chi connectivity index (χ1) is 12.9. The molecule has 0 saturated carbocycles. The highest BCUT2D eigenvalue weighted by Crippen LogP contribution is 2.47. The quantitative estimate of drug-likeness (QED) is 0.822. The smallest absolute Gasteiger partial charge is 0.257 e. The van der Waals surface area contributed by atoms with Crippen LogP contribution in [0.25, 0.3) is 0 Å². The summed E-state index contributed by atoms with van der Waals surface area (Å²) in [6, 6.07) is 0.203. The first-order valence-corrected chi connectivity index (χ1v) is 9.74. The third kappa shape index (κ3) is 3.26. The van der Waals surface area contributed by atoms with Crippen molar-refractivity contribution < 1.29 is 9.32 Å². The highest BCUT2D eigenvalue weighted by atomic mass is 16.5. The fourth-order valence-electron chi connectivity index (χ4n) is 4.62. The third-order valence-electron chi connectivity index (χ3n) is 6.20. The van der Waals surface area contributed by atoms with E-state index in [0.717, 1.165) is 62.5 Å². The normalized spacial score (nSPS) is 22.7. The van der Waals surface area contributed by atoms with Crippen molar-refractivity contribution in [3.8, 4) is 0 Å². The molecule has 0 bridgehead atoms. The number of amides is 1. The lowest BCUT2D eigenvalue weighted by molar-refractivity contribution is 0.0592. The number of piperidine rings is 1. The third-order valence-corrected chi connectivity index (χ3v) is 6.20. The Bertz CT molecular complexity index is 833. The first-order valence-electron chi connectivity index (χ1n) is 9.74. The minimum atomic E-state index is 0.110. The number of hydrogen-bond donors (Lipinski definition) is 0. The summed E-state index contributed by atoms with van der Waals surface area (Å²) >= 11 is 0. The van der Waals surface area contributed by atoms with Crippen LogP contribution in [0.5, 0.6) is 0 Å². The molecular weight excluding hydrogens is 344 g/mol. The molecule has 1 amide bonds. The zero-order valence-corrected chi connectivity index (χ0v) is 16.6. The van der Waals surface area contributed by atoms with Crippen LogP contribution in [-0.4, -0.2) is 62.3 Å². The molecule has 4 heterocycles. The van der Waals surface area contributed by atoms with Crippen molar-refractivity contribution in [3.63, 3.8) is 0 Å². The van der Waals surface area contributed by atoms with Crippen molar-refractivity contribution in [2.75, 3.05) is 26.7 Å². The van der Waals surface area contributed by atoms with Gasteiger partial charge in [0.1, 0.15) is 0 Å². The van der Waals surface area contributed by atoms with E-state index < -0.39 is 0 Å². The molecule has 2 aliphatic rings. The Morgan fingerprint density at radius 3 is 2.67 bits per heavy atom. The molecule has 0 radical (unpaired) electrons. The summed E-state index contributed by atoms with van der Waals surface area (Å²) in [7, 11) is 2.13. The zero-order chi connectivity index (χ0) is 19.2. The number of aromatic nitrogens is 4. The number of aryl methyl sites for hydroxylation is 3. The number of hydrogen-bond acceptors (Lipinski definition) is 6. The Morgan fingerprint density at radius 1 is 1.33 bits per heavy atom. The summed E-state index contributed by atoms with van der Waals surface area (Å²) in [6.07, 6.45) is 4.92. The lowest BCUT2D eigenvalue weighted by atomic mass is 9.76. The molecule has 2 aromatic heterocycles. The molecule has 0 N–H and O–H groups in total. The number of rotatable bonds is 3. The molecule has 1 unspecified atom stereocenters. The predicted molar refractivity (Wildman–Crippen MR) is 99.2 cm³/mol. The van der Waals surface area contributed by atoms with Crippen LogP contribution in [0, 0.1) is 19.3 Å². The maximum absolute atomic E-state index is 12.9. The molecule has 1 atom stereocenters. The van der Waals surface area contributed by atoms with E-state index in [4.69, 9.17) is 4.52 Å². The van der Waals surface area contributed by atoms with Gasteiger partial charge in [-0.15, -0.1) is 0 Å². The van der Waals surface area contributed by atoms with Gasteiger partial charge in [-0.25, -0.2) is 0 Å². The van der Waals surface area contributed by atoms with Gasteiger partial charge in [-0.3, -0.25) is 14.4 Å². The van der Waals surface area contributed by atoms with Gasteiger partial charge >= 0.3 is 0 Å². The summed E-state index contributed by atoms with van der Waals surface area (Å²) in [5.74, 6) is 1.51. The first kappa shape index (κ1) is 18.2. The van der Waals surface area contributed by atoms with E-state index in [1.54, 1.807) is 0 Å². The maximum Gasteiger partial charge on any atom is 0.257 e. The molecule has 2 aromatic rings. The van der Waals surface area contributed by atoms with Crippen molar-refractivity contribution in [2.24, 2.45) is 5.41 Å². The molecule has 1 spiro atoms. The molecule has 27 heavy (non-hydrogen) atoms. The predicted octanol–water partition coefficient (Wildman–Crippen LogP) is 2.20. The largest absolute Gasteiger partial charge is 0.340 e. The molecule has 2 saturated heterocycles. The Balaban J connectivity index is 1.42. The van der Waals surface area contributed by atoms with Crippen LogP contribution in [0.3, 0.4) is 0 Å². The summed E-state index contributed by atoms with van der Waals surface area (Å²) < 4.78 is 7.00. The van der Waals surface area contributed by atoms with Crippen LogP contribution in [0.15, 0.2) is 10.7 Å². The summed E-state index contributed by atoms with van der Waals surface area (Å²) in [5.41, 5.74) is 1.78. The maximum atomic E-state index is 12.9. The second kappa shape index (κ2) is 6.74. The van der Waals surface area contributed by atoms with Gasteiger partial charge in [0.2, 0.25) is 5.89 Å². The lowest BCUT2D eigenvalue weighted by Crippen LogP contribution is -2.44. The molecular formula is C19H28N6O2. The summed E-state index contributed by atoms with van der Waals surface area (Å²) in [5, 5.41) is 8.54. The van der Waals surface area contributed by atoms with Gasteiger partial charge in [0.25, 0.3) is 5.91 Å². The second-order valence-electron chi connectivity index (χ2n) is 8.08. The van der Waals surface area contributed by atoms with Crippen LogP contribution in [0.2, 0.25) is 0 Å². The topological polar surface area (TPSA) is 80.3 Å². The molecule has 4 rings (SSSR count). The van der Waals surface area contributed by atoms with Gasteiger partial charge in [0.15, 0.2) is 5.82 Å². The van der Waals surface area contributed by atoms with Gasteiger partial charge in [-0.05, 0) is 45.6 Å². The highest BCUT2D eigenvalue weighted by molar-refractivity contribution is 5.95. The number of likely N-dealkylation sites (tertiary alicyclic amines) is 2. The van der Waals surface area contributed by atoms with Crippen molar-refractivity contribution in [3.05, 3.63) is 29.2 Å². The lowest BCUT2D eigenvalue weighted by Gasteiger charge is -2.39. The molecule has 8 nitrogen and oxygen atoms in total. The van der Waals surface area contributed by atoms with Gasteiger partial charge < -0.3 is 9.42 Å². The fraction of sp³-hybridized carbons (Fsp3) is 0.684. The van der Waals surface area contributed by atoms with Crippen molar-refractivity contribution in [1.29, 1.82) is 0 Å². The average molecular weight is 372 g/mol. The average Bonchev–Trinajstić information content (AvgIpc) is 3.33. The minimum Gasteiger partial charge on any atom is -0.340 e. The number of nitrogens with zero attached hydrogens (tertiary/aromatic N) is 6. The van der Waals surface area contributed by atoms with E-state index in [0.29, 0.717) is 5.89 Å². The van der Waals surface area contributed by atoms with E-state index in [2.05, 4.69) is 27.2 Å². The van der Waals surface area contributed by atoms with E-state index in [9.17, 15) is 4.79 Å². The number of carbonyl (C=O) groups excluding carboxylic acids is 1. The fourth-order valence-corrected chi connectivity index (χ4v) is 4.62. The number of carbonyl (C=O) groups is 1. The van der Waals surface area contributed by atoms with Crippen LogP contribution < -0.4 is 0 Å². The molecule has 0 aromatic carbocycles. The van der Waals surface area contributed by atoms with Crippen molar-refractivity contribution >= 4 is 5.91 Å². The zero-order valence-electron chi connectivity index (χ0n) is 16.6. The Kier molecular flexibility index (Phi) is 4.53. The van der Waals surface area contributed by atoms with E-state index in [1.165, 1.54) is 0 Å². The van der Waals surface area contributed by atoms with Gasteiger partial charge in [0.05, 0.1) is 17.3 Å². The van der Waals surface area contributed by atoms with Gasteiger partial charge in [-0.1, -0.05) is 5.16 Å². The highest BCUT2D eigenvalue weighted by Gasteiger charge is 2.46. The molecule has 8 heteroatoms. The van der Waals surface area contributed by atoms with Gasteiger partial charge in [0, 0.05) is 39.3 Å². The van der Waals surface area contributed by atoms with Crippen LogP contribution in [-0.2, 0) is 6.54 Å². The standard InChI is InChI=1S/C19H28N6O2/c1-5-25-11-15(13(2)21-25)18(26)24-8-6-19(7-9-24)10-16(23(4)12-19)17-20-14(3)27-22-17/h11,16H,5-10,12H2,1-4H3. The van der Waals surface area contributed by atoms with Crippen LogP contribution in [0.4, 0.5) is 0 Å². The van der Waals surface area contributed by atoms with E-state index in [1.807, 2.05) is 36.5 Å². The monoisotopic (exact) mass is 372 g/mol. The summed E-state index contributed by atoms with van der Waals surface area (Å²) in [6.45, 7) is 9.15. The Hall–Kier alpha value is -2.22. The van der Waals surface area contributed by atoms with E-state index in [-0.39, 0.29) is 17.4 Å². The van der Waals surface area contributed by atoms with Crippen LogP contribution >= 0.6 is 0 Å². The van der Waals surface area contributed by atoms with E-state index >= 15 is 0 Å². The Morgan fingerprint density at radius 2 is 2.07 bits per heavy atom. The SMILES string of the molecule is CCn1cc(C(=O)N2CCC3(CC2)CC(c2noc(C)n2)N(C)C3)c(C)n1. The molecule has 0 aliphatic carbocycles. The second-order valence-corrected chi connectivity index (χ2v) is 8.08. The molecule has 146 valence electrons. The van der Waals surface area contributed by atoms with Crippen molar-refractivity contribution in [2.45, 2.75) is 52.6 Å².